The first-order valence-electron chi connectivity index (χ1n) is 5.07. The van der Waals surface area contributed by atoms with Crippen LogP contribution >= 0.6 is 0 Å². The Kier molecular flexibility index (Phi) is 4.10. The normalized spacial score (nSPS) is 11.4. The number of hydrogen-bond donors (Lipinski definition) is 0. The number of carbonyl (C=O) groups is 2. The molecule has 0 bridgehead atoms. The van der Waals surface area contributed by atoms with E-state index in [2.05, 4.69) is 9.84 Å². The summed E-state index contributed by atoms with van der Waals surface area (Å²) in [7, 11) is 0. The third kappa shape index (κ3) is 3.31. The molecule has 0 aliphatic heterocycles. The van der Waals surface area contributed by atoms with Crippen molar-refractivity contribution in [1.82, 2.24) is 9.78 Å². The van der Waals surface area contributed by atoms with Gasteiger partial charge >= 0.3 is 12.1 Å². The molecule has 1 rings (SSSR count). The summed E-state index contributed by atoms with van der Waals surface area (Å²) < 4.78 is 42.7. The van der Waals surface area contributed by atoms with Gasteiger partial charge in [0, 0.05) is 6.07 Å². The smallest absolute Gasteiger partial charge is 0.435 e. The second-order valence-corrected chi connectivity index (χ2v) is 3.49. The highest BCUT2D eigenvalue weighted by Crippen LogP contribution is 2.28. The Hall–Kier alpha value is -1.86. The predicted octanol–water partition coefficient (Wildman–Crippen LogP) is 1.67. The van der Waals surface area contributed by atoms with E-state index < -0.39 is 30.2 Å². The van der Waals surface area contributed by atoms with E-state index in [9.17, 15) is 22.8 Å². The van der Waals surface area contributed by atoms with Crippen LogP contribution in [0.25, 0.3) is 0 Å². The highest BCUT2D eigenvalue weighted by Gasteiger charge is 2.36. The van der Waals surface area contributed by atoms with Crippen molar-refractivity contribution in [2.45, 2.75) is 26.6 Å². The van der Waals surface area contributed by atoms with Gasteiger partial charge in [-0.05, 0) is 13.8 Å². The molecule has 0 saturated carbocycles. The van der Waals surface area contributed by atoms with Gasteiger partial charge in [0.25, 0.3) is 0 Å². The molecule has 5 nitrogen and oxygen atoms in total. The van der Waals surface area contributed by atoms with Crippen LogP contribution in [0.5, 0.6) is 0 Å². The third-order valence-electron chi connectivity index (χ3n) is 1.93. The van der Waals surface area contributed by atoms with E-state index in [1.807, 2.05) is 0 Å². The molecule has 0 unspecified atom stereocenters. The molecule has 0 radical (unpaired) electrons. The van der Waals surface area contributed by atoms with Gasteiger partial charge in [-0.25, -0.2) is 4.79 Å². The maximum absolute atomic E-state index is 12.5. The van der Waals surface area contributed by atoms with Crippen LogP contribution in [-0.4, -0.2) is 28.1 Å². The maximum atomic E-state index is 12.5. The number of rotatable bonds is 4. The quantitative estimate of drug-likeness (QED) is 0.776. The lowest BCUT2D eigenvalue weighted by Gasteiger charge is -2.04. The molecular formula is C10H11F3N2O3. The summed E-state index contributed by atoms with van der Waals surface area (Å²) in [5.74, 6) is -1.36. The summed E-state index contributed by atoms with van der Waals surface area (Å²) in [6, 6.07) is 0.570. The van der Waals surface area contributed by atoms with E-state index in [1.165, 1.54) is 13.8 Å². The van der Waals surface area contributed by atoms with Crippen molar-refractivity contribution in [3.05, 3.63) is 17.5 Å². The largest absolute Gasteiger partial charge is 0.461 e. The number of esters is 1. The van der Waals surface area contributed by atoms with Gasteiger partial charge in [0.2, 0.25) is 0 Å². The van der Waals surface area contributed by atoms with E-state index in [-0.39, 0.29) is 12.3 Å². The molecule has 0 fully saturated rings. The molecule has 8 heteroatoms. The Morgan fingerprint density at radius 3 is 2.50 bits per heavy atom. The van der Waals surface area contributed by atoms with Crippen molar-refractivity contribution in [1.29, 1.82) is 0 Å². The first-order chi connectivity index (χ1) is 8.25. The summed E-state index contributed by atoms with van der Waals surface area (Å²) in [6.07, 6.45) is -4.68. The first-order valence-corrected chi connectivity index (χ1v) is 5.07. The number of hydrogen-bond acceptors (Lipinski definition) is 4. The zero-order valence-corrected chi connectivity index (χ0v) is 9.74. The Labute approximate surface area is 101 Å². The molecule has 0 aromatic carbocycles. The average Bonchev–Trinajstić information content (AvgIpc) is 2.60. The number of aromatic nitrogens is 2. The number of ketones is 1. The monoisotopic (exact) mass is 264 g/mol. The zero-order valence-electron chi connectivity index (χ0n) is 9.74. The minimum absolute atomic E-state index is 0.0193. The summed E-state index contributed by atoms with van der Waals surface area (Å²) in [5.41, 5.74) is -1.62. The fourth-order valence-corrected chi connectivity index (χ4v) is 1.26. The molecule has 0 aliphatic carbocycles. The molecule has 18 heavy (non-hydrogen) atoms. The van der Waals surface area contributed by atoms with Crippen molar-refractivity contribution < 1.29 is 27.5 Å². The van der Waals surface area contributed by atoms with Crippen LogP contribution in [0.15, 0.2) is 6.07 Å². The zero-order chi connectivity index (χ0) is 13.9. The van der Waals surface area contributed by atoms with Crippen molar-refractivity contribution in [3.8, 4) is 0 Å². The Bertz CT molecular complexity index is 465. The van der Waals surface area contributed by atoms with Crippen molar-refractivity contribution >= 4 is 11.8 Å². The number of carbonyl (C=O) groups excluding carboxylic acids is 2. The van der Waals surface area contributed by atoms with Crippen LogP contribution in [0.1, 0.15) is 30.0 Å². The van der Waals surface area contributed by atoms with Gasteiger partial charge in [0.1, 0.15) is 12.2 Å². The molecular weight excluding hydrogens is 253 g/mol. The highest BCUT2D eigenvalue weighted by atomic mass is 19.4. The van der Waals surface area contributed by atoms with E-state index >= 15 is 0 Å². The van der Waals surface area contributed by atoms with Gasteiger partial charge in [-0.1, -0.05) is 0 Å². The molecule has 1 aromatic heterocycles. The topological polar surface area (TPSA) is 61.2 Å². The van der Waals surface area contributed by atoms with Crippen molar-refractivity contribution in [2.75, 3.05) is 6.61 Å². The van der Waals surface area contributed by atoms with Crippen LogP contribution < -0.4 is 0 Å². The average molecular weight is 264 g/mol. The molecule has 1 heterocycles. The summed E-state index contributed by atoms with van der Waals surface area (Å²) in [5, 5.41) is 3.19. The van der Waals surface area contributed by atoms with Gasteiger partial charge in [-0.2, -0.15) is 18.3 Å². The fourth-order valence-electron chi connectivity index (χ4n) is 1.26. The van der Waals surface area contributed by atoms with Gasteiger partial charge < -0.3 is 4.74 Å². The van der Waals surface area contributed by atoms with E-state index in [1.54, 1.807) is 0 Å². The van der Waals surface area contributed by atoms with Gasteiger partial charge in [0.15, 0.2) is 11.5 Å². The molecule has 1 aromatic rings. The summed E-state index contributed by atoms with van der Waals surface area (Å²) in [4.78, 5) is 22.3. The lowest BCUT2D eigenvalue weighted by molar-refractivity contribution is -0.141. The van der Waals surface area contributed by atoms with Gasteiger partial charge in [-0.15, -0.1) is 0 Å². The lowest BCUT2D eigenvalue weighted by atomic mass is 10.3. The van der Waals surface area contributed by atoms with Crippen LogP contribution in [0.4, 0.5) is 13.2 Å². The minimum Gasteiger partial charge on any atom is -0.461 e. The number of nitrogens with zero attached hydrogens (tertiary/aromatic N) is 2. The minimum atomic E-state index is -4.68. The Morgan fingerprint density at radius 2 is 2.06 bits per heavy atom. The van der Waals surface area contributed by atoms with Gasteiger partial charge in [-0.3, -0.25) is 9.48 Å². The third-order valence-corrected chi connectivity index (χ3v) is 1.93. The van der Waals surface area contributed by atoms with E-state index in [0.717, 1.165) is 0 Å². The van der Waals surface area contributed by atoms with Gasteiger partial charge in [0.05, 0.1) is 6.61 Å². The summed E-state index contributed by atoms with van der Waals surface area (Å²) in [6.45, 7) is 2.31. The molecule has 0 N–H and O–H groups in total. The van der Waals surface area contributed by atoms with Crippen LogP contribution in [0, 0.1) is 0 Å². The maximum Gasteiger partial charge on any atom is 0.435 e. The Balaban J connectivity index is 3.16. The lowest BCUT2D eigenvalue weighted by Crippen LogP contribution is -2.17. The fraction of sp³-hybridized carbons (Fsp3) is 0.500. The molecule has 0 aliphatic rings. The number of alkyl halides is 3. The van der Waals surface area contributed by atoms with E-state index in [4.69, 9.17) is 0 Å². The first kappa shape index (κ1) is 14.2. The second-order valence-electron chi connectivity index (χ2n) is 3.49. The number of ether oxygens (including phenoxy) is 1. The van der Waals surface area contributed by atoms with Crippen molar-refractivity contribution in [2.24, 2.45) is 0 Å². The highest BCUT2D eigenvalue weighted by molar-refractivity contribution is 5.88. The SMILES string of the molecule is CCOC(=O)c1cc(C(F)(F)F)nn1CC(C)=O. The second kappa shape index (κ2) is 5.19. The Morgan fingerprint density at radius 1 is 1.44 bits per heavy atom. The van der Waals surface area contributed by atoms with Crippen LogP contribution in [0.2, 0.25) is 0 Å². The standard InChI is InChI=1S/C10H11F3N2O3/c1-3-18-9(17)7-4-8(10(11,12)13)14-15(7)5-6(2)16/h4H,3,5H2,1-2H3. The molecule has 100 valence electrons. The van der Waals surface area contributed by atoms with E-state index in [0.29, 0.717) is 10.7 Å². The van der Waals surface area contributed by atoms with Crippen LogP contribution in [0.3, 0.4) is 0 Å². The molecule has 0 amide bonds. The van der Waals surface area contributed by atoms with Crippen LogP contribution in [-0.2, 0) is 22.3 Å². The van der Waals surface area contributed by atoms with Crippen molar-refractivity contribution in [3.63, 3.8) is 0 Å². The number of halogens is 3. The molecule has 0 spiro atoms. The molecule has 0 saturated heterocycles. The number of Topliss-reactive ketones (excluding diaryl/α,β-unsaturated/α-hetero) is 1. The predicted molar refractivity (Wildman–Crippen MR) is 53.9 cm³/mol. The summed E-state index contributed by atoms with van der Waals surface area (Å²) >= 11 is 0. The molecule has 0 atom stereocenters.